The Kier molecular flexibility index (Phi) is 10.5. The minimum atomic E-state index is -4.25. The number of sulfonamides is 1. The van der Waals surface area contributed by atoms with Crippen molar-refractivity contribution in [1.82, 2.24) is 10.2 Å². The van der Waals surface area contributed by atoms with Gasteiger partial charge in [0.2, 0.25) is 11.8 Å². The summed E-state index contributed by atoms with van der Waals surface area (Å²) in [5, 5.41) is 3.40. The van der Waals surface area contributed by atoms with Gasteiger partial charge in [-0.05, 0) is 47.5 Å². The predicted molar refractivity (Wildman–Crippen MR) is 167 cm³/mol. The number of halogens is 3. The van der Waals surface area contributed by atoms with Crippen LogP contribution >= 0.6 is 34.8 Å². The number of hydrogen-bond acceptors (Lipinski definition) is 4. The number of anilines is 1. The maximum atomic E-state index is 14.3. The van der Waals surface area contributed by atoms with Crippen molar-refractivity contribution in [3.63, 3.8) is 0 Å². The first-order valence-electron chi connectivity index (χ1n) is 12.9. The SMILES string of the molecule is CNC(=O)[C@H](Cc1ccccc1)N(Cc1ccccc1Cl)C(=O)CN(c1ccc(Cl)c(Cl)c1)S(=O)(=O)c1ccccc1. The first-order chi connectivity index (χ1) is 20.1. The summed E-state index contributed by atoms with van der Waals surface area (Å²) < 4.78 is 28.8. The van der Waals surface area contributed by atoms with E-state index < -0.39 is 34.4 Å². The molecule has 1 atom stereocenters. The van der Waals surface area contributed by atoms with Crippen molar-refractivity contribution in [2.75, 3.05) is 17.9 Å². The molecule has 4 rings (SSSR count). The van der Waals surface area contributed by atoms with Gasteiger partial charge in [-0.25, -0.2) is 8.42 Å². The van der Waals surface area contributed by atoms with Crippen LogP contribution in [0.1, 0.15) is 11.1 Å². The van der Waals surface area contributed by atoms with Gasteiger partial charge >= 0.3 is 0 Å². The summed E-state index contributed by atoms with van der Waals surface area (Å²) >= 11 is 18.8. The highest BCUT2D eigenvalue weighted by Crippen LogP contribution is 2.31. The molecule has 2 amide bonds. The largest absolute Gasteiger partial charge is 0.357 e. The lowest BCUT2D eigenvalue weighted by Gasteiger charge is -2.33. The monoisotopic (exact) mass is 643 g/mol. The molecule has 0 heterocycles. The minimum Gasteiger partial charge on any atom is -0.357 e. The molecule has 0 aliphatic heterocycles. The van der Waals surface area contributed by atoms with Gasteiger partial charge in [0.1, 0.15) is 12.6 Å². The van der Waals surface area contributed by atoms with Crippen molar-refractivity contribution in [2.24, 2.45) is 0 Å². The third-order valence-electron chi connectivity index (χ3n) is 6.62. The number of amides is 2. The van der Waals surface area contributed by atoms with Crippen molar-refractivity contribution in [1.29, 1.82) is 0 Å². The van der Waals surface area contributed by atoms with Gasteiger partial charge in [-0.1, -0.05) is 102 Å². The number of nitrogens with one attached hydrogen (secondary N) is 1. The number of nitrogens with zero attached hydrogens (tertiary/aromatic N) is 2. The summed E-state index contributed by atoms with van der Waals surface area (Å²) in [5.74, 6) is -1.03. The zero-order chi connectivity index (χ0) is 30.3. The third kappa shape index (κ3) is 7.44. The fraction of sp³-hybridized carbons (Fsp3) is 0.161. The van der Waals surface area contributed by atoms with Crippen LogP contribution in [0, 0.1) is 0 Å². The molecule has 0 saturated carbocycles. The van der Waals surface area contributed by atoms with Gasteiger partial charge in [0.05, 0.1) is 20.6 Å². The lowest BCUT2D eigenvalue weighted by molar-refractivity contribution is -0.139. The number of carbonyl (C=O) groups excluding carboxylic acids is 2. The molecule has 0 fully saturated rings. The van der Waals surface area contributed by atoms with Crippen LogP contribution < -0.4 is 9.62 Å². The minimum absolute atomic E-state index is 0.0198. The summed E-state index contributed by atoms with van der Waals surface area (Å²) in [6.45, 7) is -0.661. The Balaban J connectivity index is 1.81. The fourth-order valence-corrected chi connectivity index (χ4v) is 6.33. The second-order valence-electron chi connectivity index (χ2n) is 9.36. The summed E-state index contributed by atoms with van der Waals surface area (Å²) in [6.07, 6.45) is 0.189. The highest BCUT2D eigenvalue weighted by molar-refractivity contribution is 7.92. The van der Waals surface area contributed by atoms with Crippen molar-refractivity contribution < 1.29 is 18.0 Å². The number of rotatable bonds is 11. The van der Waals surface area contributed by atoms with E-state index in [2.05, 4.69) is 5.32 Å². The Hall–Kier alpha value is -3.56. The zero-order valence-corrected chi connectivity index (χ0v) is 25.7. The van der Waals surface area contributed by atoms with Gasteiger partial charge in [-0.3, -0.25) is 13.9 Å². The first kappa shape index (κ1) is 31.4. The Morgan fingerprint density at radius 3 is 2.02 bits per heavy atom. The Morgan fingerprint density at radius 1 is 0.786 bits per heavy atom. The molecule has 42 heavy (non-hydrogen) atoms. The predicted octanol–water partition coefficient (Wildman–Crippen LogP) is 6.23. The maximum Gasteiger partial charge on any atom is 0.264 e. The average molecular weight is 645 g/mol. The molecule has 0 aromatic heterocycles. The molecule has 4 aromatic carbocycles. The van der Waals surface area contributed by atoms with E-state index in [0.29, 0.717) is 10.6 Å². The maximum absolute atomic E-state index is 14.3. The molecule has 7 nitrogen and oxygen atoms in total. The summed E-state index contributed by atoms with van der Waals surface area (Å²) in [7, 11) is -2.76. The molecule has 1 N–H and O–H groups in total. The standard InChI is InChI=1S/C31H28Cl3N3O4S/c1-35-31(39)29(18-22-10-4-2-5-11-22)36(20-23-12-8-9-15-26(23)32)30(38)21-37(24-16-17-27(33)28(34)19-24)42(40,41)25-13-6-3-7-14-25/h2-17,19,29H,18,20-21H2,1H3,(H,35,39)/t29-/m0/s1. The lowest BCUT2D eigenvalue weighted by atomic mass is 10.0. The van der Waals surface area contributed by atoms with Crippen LogP contribution in [0.5, 0.6) is 0 Å². The first-order valence-corrected chi connectivity index (χ1v) is 15.5. The molecular formula is C31H28Cl3N3O4S. The second-order valence-corrected chi connectivity index (χ2v) is 12.4. The van der Waals surface area contributed by atoms with Gasteiger partial charge in [0, 0.05) is 25.0 Å². The van der Waals surface area contributed by atoms with E-state index in [1.807, 2.05) is 30.3 Å². The second kappa shape index (κ2) is 14.1. The quantitative estimate of drug-likeness (QED) is 0.210. The normalized spacial score (nSPS) is 11.9. The summed E-state index contributed by atoms with van der Waals surface area (Å²) in [5.41, 5.74) is 1.56. The van der Waals surface area contributed by atoms with Gasteiger partial charge in [-0.2, -0.15) is 0 Å². The molecule has 11 heteroatoms. The van der Waals surface area contributed by atoms with E-state index in [4.69, 9.17) is 34.8 Å². The van der Waals surface area contributed by atoms with Gasteiger partial charge in [-0.15, -0.1) is 0 Å². The fourth-order valence-electron chi connectivity index (χ4n) is 4.42. The van der Waals surface area contributed by atoms with E-state index in [9.17, 15) is 18.0 Å². The number of carbonyl (C=O) groups is 2. The molecule has 0 saturated heterocycles. The van der Waals surface area contributed by atoms with Gasteiger partial charge < -0.3 is 10.2 Å². The summed E-state index contributed by atoms with van der Waals surface area (Å²) in [6, 6.07) is 27.3. The van der Waals surface area contributed by atoms with Crippen LogP contribution in [0.25, 0.3) is 0 Å². The van der Waals surface area contributed by atoms with Crippen molar-refractivity contribution in [3.8, 4) is 0 Å². The molecule has 0 unspecified atom stereocenters. The molecule has 0 radical (unpaired) electrons. The van der Waals surface area contributed by atoms with Crippen LogP contribution in [0.4, 0.5) is 5.69 Å². The van der Waals surface area contributed by atoms with Crippen LogP contribution in [0.2, 0.25) is 15.1 Å². The lowest BCUT2D eigenvalue weighted by Crippen LogP contribution is -2.53. The van der Waals surface area contributed by atoms with Crippen molar-refractivity contribution in [3.05, 3.63) is 129 Å². The number of hydrogen-bond donors (Lipinski definition) is 1. The van der Waals surface area contributed by atoms with E-state index in [1.54, 1.807) is 42.5 Å². The molecule has 4 aromatic rings. The van der Waals surface area contributed by atoms with Crippen LogP contribution in [0.3, 0.4) is 0 Å². The summed E-state index contributed by atoms with van der Waals surface area (Å²) in [4.78, 5) is 28.9. The molecule has 218 valence electrons. The third-order valence-corrected chi connectivity index (χ3v) is 9.51. The highest BCUT2D eigenvalue weighted by Gasteiger charge is 2.34. The van der Waals surface area contributed by atoms with E-state index >= 15 is 0 Å². The van der Waals surface area contributed by atoms with E-state index in [0.717, 1.165) is 9.87 Å². The van der Waals surface area contributed by atoms with E-state index in [-0.39, 0.29) is 33.6 Å². The molecule has 0 aliphatic rings. The topological polar surface area (TPSA) is 86.8 Å². The average Bonchev–Trinajstić information content (AvgIpc) is 3.00. The highest BCUT2D eigenvalue weighted by atomic mass is 35.5. The molecule has 0 bridgehead atoms. The smallest absolute Gasteiger partial charge is 0.264 e. The van der Waals surface area contributed by atoms with Crippen molar-refractivity contribution in [2.45, 2.75) is 23.9 Å². The van der Waals surface area contributed by atoms with E-state index in [1.165, 1.54) is 42.3 Å². The van der Waals surface area contributed by atoms with Crippen molar-refractivity contribution >= 4 is 62.3 Å². The van der Waals surface area contributed by atoms with Crippen LogP contribution in [-0.4, -0.2) is 44.8 Å². The molecule has 0 aliphatic carbocycles. The molecular weight excluding hydrogens is 617 g/mol. The Labute approximate surface area is 260 Å². The number of benzene rings is 4. The number of likely N-dealkylation sites (N-methyl/N-ethyl adjacent to an activating group) is 1. The van der Waals surface area contributed by atoms with Crippen LogP contribution in [-0.2, 0) is 32.6 Å². The van der Waals surface area contributed by atoms with Crippen LogP contribution in [0.15, 0.2) is 108 Å². The molecule has 0 spiro atoms. The van der Waals surface area contributed by atoms with Gasteiger partial charge in [0.15, 0.2) is 0 Å². The zero-order valence-electron chi connectivity index (χ0n) is 22.6. The van der Waals surface area contributed by atoms with Gasteiger partial charge in [0.25, 0.3) is 10.0 Å². The Bertz CT molecular complexity index is 1650. The Morgan fingerprint density at radius 2 is 1.40 bits per heavy atom.